The van der Waals surface area contributed by atoms with Crippen LogP contribution in [0.25, 0.3) is 0 Å². The van der Waals surface area contributed by atoms with Crippen molar-refractivity contribution in [3.8, 4) is 0 Å². The van der Waals surface area contributed by atoms with E-state index in [0.717, 1.165) is 71.0 Å². The van der Waals surface area contributed by atoms with E-state index in [4.69, 9.17) is 4.74 Å². The summed E-state index contributed by atoms with van der Waals surface area (Å²) >= 11 is 0. The average Bonchev–Trinajstić information content (AvgIpc) is 3.15. The van der Waals surface area contributed by atoms with Gasteiger partial charge < -0.3 is 19.4 Å². The summed E-state index contributed by atoms with van der Waals surface area (Å²) in [5.74, 6) is 1.22. The largest absolute Gasteiger partial charge is 0.368 e. The van der Waals surface area contributed by atoms with Gasteiger partial charge in [-0.2, -0.15) is 0 Å². The maximum Gasteiger partial charge on any atom is 0.251 e. The van der Waals surface area contributed by atoms with Crippen LogP contribution >= 0.6 is 0 Å². The van der Waals surface area contributed by atoms with Gasteiger partial charge in [-0.25, -0.2) is 9.97 Å². The predicted octanol–water partition coefficient (Wildman–Crippen LogP) is 0.292. The highest BCUT2D eigenvalue weighted by Crippen LogP contribution is 2.26. The molecule has 3 aliphatic heterocycles. The standard InChI is InChI=1S/C17H25N5O2/c1-20-5-4-14-13(11-20)16(19-12-18-14)21-6-8-22(9-7-21)17(23)15-3-2-10-24-15/h12,15H,2-11H2,1H3/t15-/m1/s1. The van der Waals surface area contributed by atoms with Gasteiger partial charge in [-0.05, 0) is 19.9 Å². The van der Waals surface area contributed by atoms with Crippen LogP contribution in [-0.4, -0.2) is 78.2 Å². The highest BCUT2D eigenvalue weighted by molar-refractivity contribution is 5.81. The van der Waals surface area contributed by atoms with Crippen LogP contribution in [0.3, 0.4) is 0 Å². The molecular weight excluding hydrogens is 306 g/mol. The van der Waals surface area contributed by atoms with E-state index in [9.17, 15) is 4.79 Å². The number of rotatable bonds is 2. The van der Waals surface area contributed by atoms with Gasteiger partial charge in [0.15, 0.2) is 0 Å². The first-order valence-electron chi connectivity index (χ1n) is 8.89. The van der Waals surface area contributed by atoms with Gasteiger partial charge in [0.2, 0.25) is 0 Å². The van der Waals surface area contributed by atoms with Crippen molar-refractivity contribution < 1.29 is 9.53 Å². The zero-order valence-electron chi connectivity index (χ0n) is 14.3. The second kappa shape index (κ2) is 6.64. The highest BCUT2D eigenvalue weighted by atomic mass is 16.5. The fourth-order valence-electron chi connectivity index (χ4n) is 3.85. The highest BCUT2D eigenvalue weighted by Gasteiger charge is 2.31. The molecule has 4 heterocycles. The summed E-state index contributed by atoms with van der Waals surface area (Å²) in [7, 11) is 2.14. The Kier molecular flexibility index (Phi) is 4.37. The lowest BCUT2D eigenvalue weighted by Gasteiger charge is -2.38. The summed E-state index contributed by atoms with van der Waals surface area (Å²) in [6, 6.07) is 0. The molecule has 0 N–H and O–H groups in total. The number of aromatic nitrogens is 2. The molecule has 0 spiro atoms. The van der Waals surface area contributed by atoms with Crippen LogP contribution in [0.5, 0.6) is 0 Å². The van der Waals surface area contributed by atoms with Crippen molar-refractivity contribution in [2.75, 3.05) is 51.3 Å². The number of nitrogens with zero attached hydrogens (tertiary/aromatic N) is 5. The van der Waals surface area contributed by atoms with Crippen molar-refractivity contribution in [2.24, 2.45) is 0 Å². The second-order valence-corrected chi connectivity index (χ2v) is 6.92. The van der Waals surface area contributed by atoms with Crippen molar-refractivity contribution in [3.63, 3.8) is 0 Å². The number of anilines is 1. The first kappa shape index (κ1) is 15.8. The number of carbonyl (C=O) groups excluding carboxylic acids is 1. The molecule has 1 aromatic heterocycles. The van der Waals surface area contributed by atoms with Gasteiger partial charge in [-0.1, -0.05) is 0 Å². The Labute approximate surface area is 142 Å². The topological polar surface area (TPSA) is 61.8 Å². The van der Waals surface area contributed by atoms with E-state index < -0.39 is 0 Å². The summed E-state index contributed by atoms with van der Waals surface area (Å²) in [5.41, 5.74) is 2.43. The Morgan fingerprint density at radius 3 is 2.79 bits per heavy atom. The van der Waals surface area contributed by atoms with E-state index >= 15 is 0 Å². The molecule has 1 atom stereocenters. The lowest BCUT2D eigenvalue weighted by atomic mass is 10.1. The average molecular weight is 331 g/mol. The molecule has 130 valence electrons. The number of ether oxygens (including phenoxy) is 1. The SMILES string of the molecule is CN1CCc2ncnc(N3CCN(C(=O)[C@H]4CCCO4)CC3)c2C1. The molecule has 1 aromatic rings. The Morgan fingerprint density at radius 1 is 1.21 bits per heavy atom. The van der Waals surface area contributed by atoms with Gasteiger partial charge in [0, 0.05) is 57.9 Å². The molecule has 24 heavy (non-hydrogen) atoms. The first-order valence-corrected chi connectivity index (χ1v) is 8.89. The van der Waals surface area contributed by atoms with E-state index in [-0.39, 0.29) is 12.0 Å². The van der Waals surface area contributed by atoms with Gasteiger partial charge >= 0.3 is 0 Å². The molecule has 0 aromatic carbocycles. The lowest BCUT2D eigenvalue weighted by Crippen LogP contribution is -2.52. The summed E-state index contributed by atoms with van der Waals surface area (Å²) in [6.07, 6.45) is 4.32. The minimum atomic E-state index is -0.211. The van der Waals surface area contributed by atoms with Gasteiger partial charge in [-0.15, -0.1) is 0 Å². The van der Waals surface area contributed by atoms with Gasteiger partial charge in [-0.3, -0.25) is 4.79 Å². The van der Waals surface area contributed by atoms with Crippen LogP contribution in [0.1, 0.15) is 24.1 Å². The molecule has 1 amide bonds. The molecule has 7 nitrogen and oxygen atoms in total. The third-order valence-electron chi connectivity index (χ3n) is 5.27. The molecule has 2 fully saturated rings. The number of hydrogen-bond donors (Lipinski definition) is 0. The normalized spacial score (nSPS) is 25.0. The molecule has 0 bridgehead atoms. The Bertz CT molecular complexity index is 609. The molecule has 3 aliphatic rings. The third-order valence-corrected chi connectivity index (χ3v) is 5.27. The molecule has 0 radical (unpaired) electrons. The van der Waals surface area contributed by atoms with Crippen molar-refractivity contribution >= 4 is 11.7 Å². The van der Waals surface area contributed by atoms with Crippen molar-refractivity contribution in [1.82, 2.24) is 19.8 Å². The molecule has 4 rings (SSSR count). The monoisotopic (exact) mass is 331 g/mol. The van der Waals surface area contributed by atoms with Crippen molar-refractivity contribution in [1.29, 1.82) is 0 Å². The summed E-state index contributed by atoms with van der Waals surface area (Å²) in [6.45, 7) is 5.81. The number of likely N-dealkylation sites (N-methyl/N-ethyl adjacent to an activating group) is 1. The minimum absolute atomic E-state index is 0.164. The minimum Gasteiger partial charge on any atom is -0.368 e. The molecule has 0 aliphatic carbocycles. The van der Waals surface area contributed by atoms with E-state index in [1.54, 1.807) is 6.33 Å². The second-order valence-electron chi connectivity index (χ2n) is 6.92. The summed E-state index contributed by atoms with van der Waals surface area (Å²) in [5, 5.41) is 0. The number of fused-ring (bicyclic) bond motifs is 1. The van der Waals surface area contributed by atoms with E-state index in [2.05, 4.69) is 26.8 Å². The number of piperazine rings is 1. The molecule has 0 saturated carbocycles. The van der Waals surface area contributed by atoms with Crippen LogP contribution in [0.15, 0.2) is 6.33 Å². The van der Waals surface area contributed by atoms with Crippen LogP contribution in [0.2, 0.25) is 0 Å². The lowest BCUT2D eigenvalue weighted by molar-refractivity contribution is -0.141. The van der Waals surface area contributed by atoms with Gasteiger partial charge in [0.25, 0.3) is 5.91 Å². The van der Waals surface area contributed by atoms with Crippen LogP contribution < -0.4 is 4.90 Å². The van der Waals surface area contributed by atoms with Crippen LogP contribution in [0, 0.1) is 0 Å². The Balaban J connectivity index is 1.44. The molecule has 7 heteroatoms. The fraction of sp³-hybridized carbons (Fsp3) is 0.706. The van der Waals surface area contributed by atoms with E-state index in [0.29, 0.717) is 0 Å². The maximum atomic E-state index is 12.5. The number of hydrogen-bond acceptors (Lipinski definition) is 6. The number of carbonyl (C=O) groups is 1. The predicted molar refractivity (Wildman–Crippen MR) is 89.8 cm³/mol. The zero-order valence-corrected chi connectivity index (χ0v) is 14.3. The fourth-order valence-corrected chi connectivity index (χ4v) is 3.85. The van der Waals surface area contributed by atoms with Crippen LogP contribution in [0.4, 0.5) is 5.82 Å². The van der Waals surface area contributed by atoms with E-state index in [1.807, 2.05) is 4.90 Å². The zero-order chi connectivity index (χ0) is 16.5. The maximum absolute atomic E-state index is 12.5. The third kappa shape index (κ3) is 2.98. The molecular formula is C17H25N5O2. The van der Waals surface area contributed by atoms with Crippen molar-refractivity contribution in [2.45, 2.75) is 31.9 Å². The quantitative estimate of drug-likeness (QED) is 0.776. The molecule has 2 saturated heterocycles. The Hall–Kier alpha value is -1.73. The smallest absolute Gasteiger partial charge is 0.251 e. The number of amides is 1. The first-order chi connectivity index (χ1) is 11.7. The van der Waals surface area contributed by atoms with Crippen molar-refractivity contribution in [3.05, 3.63) is 17.6 Å². The summed E-state index contributed by atoms with van der Waals surface area (Å²) in [4.78, 5) is 28.1. The Morgan fingerprint density at radius 2 is 2.04 bits per heavy atom. The van der Waals surface area contributed by atoms with E-state index in [1.165, 1.54) is 11.3 Å². The van der Waals surface area contributed by atoms with Gasteiger partial charge in [0.05, 0.1) is 5.69 Å². The summed E-state index contributed by atoms with van der Waals surface area (Å²) < 4.78 is 5.53. The van der Waals surface area contributed by atoms with Crippen LogP contribution in [-0.2, 0) is 22.5 Å². The molecule has 0 unspecified atom stereocenters. The van der Waals surface area contributed by atoms with Gasteiger partial charge in [0.1, 0.15) is 18.2 Å².